The van der Waals surface area contributed by atoms with Crippen molar-refractivity contribution in [2.75, 3.05) is 89.5 Å². The fraction of sp³-hybridized carbons (Fsp3) is 0.548. The van der Waals surface area contributed by atoms with Crippen molar-refractivity contribution < 1.29 is 227 Å². The monoisotopic (exact) mass is 1640 g/mol. The number of carbonyl (C=O) groups excluding carboxylic acids is 8. The van der Waals surface area contributed by atoms with Gasteiger partial charge in [-0.1, -0.05) is 48.5 Å². The predicted octanol–water partition coefficient (Wildman–Crippen LogP) is -11.2. The molecule has 48 heteroatoms. The van der Waals surface area contributed by atoms with Crippen molar-refractivity contribution in [2.24, 2.45) is 0 Å². The quantitative estimate of drug-likeness (QED) is 0.0450. The molecule has 13 aliphatic rings. The largest absolute Gasteiger partial charge is 1.00 e. The Morgan fingerprint density at radius 1 is 0.309 bits per heavy atom. The molecule has 0 N–H and O–H groups in total. The Morgan fingerprint density at radius 2 is 0.491 bits per heavy atom. The Labute approximate surface area is 718 Å². The van der Waals surface area contributed by atoms with E-state index in [1.165, 1.54) is 78.4 Å². The van der Waals surface area contributed by atoms with Crippen molar-refractivity contribution in [2.45, 2.75) is 127 Å². The van der Waals surface area contributed by atoms with Crippen LogP contribution in [0.15, 0.2) is 48.5 Å². The molecule has 0 aromatic heterocycles. The number of amides is 16. The van der Waals surface area contributed by atoms with Gasteiger partial charge in [-0.2, -0.15) is 0 Å². The molecular weight excluding hydrogens is 1570 g/mol. The fourth-order valence-corrected chi connectivity index (χ4v) is 20.4. The number of hydrogen-bond acceptors (Lipinski definition) is 24. The SMILES string of the molecule is CC12N3Cc4c(c(OCCCS(=O)(=O)[O-])c5ccccc5c4OCCCS(=O)(=O)[O-])CN1C(=O)N1CN4C(=O)N5CN6C(=O)N7CN8C(=O)N9Cc%10c(c(OCCCS(=O)(=O)[O-])c%11ccccc%11c%10OCCCS(=O)(=O)[O-])CN%10C(=O)N(CN%11C(=O)N(CN%12C(=O)N(CN(C3=O)C12C)C4C%125)C6C%117)C8(C)C%109C.[Na+].[Na+].[Na+].[Na+]. The molecule has 0 spiro atoms. The van der Waals surface area contributed by atoms with E-state index in [0.29, 0.717) is 21.5 Å². The molecule has 4 aromatic carbocycles. The first-order chi connectivity index (χ1) is 49.9. The summed E-state index contributed by atoms with van der Waals surface area (Å²) in [7, 11) is -18.7. The smallest absolute Gasteiger partial charge is 0.748 e. The summed E-state index contributed by atoms with van der Waals surface area (Å²) in [6.07, 6.45) is -6.29. The van der Waals surface area contributed by atoms with Gasteiger partial charge >= 0.3 is 166 Å². The van der Waals surface area contributed by atoms with Gasteiger partial charge in [-0.05, 0) is 53.4 Å². The second-order valence-corrected chi connectivity index (χ2v) is 34.9. The van der Waals surface area contributed by atoms with Crippen LogP contribution in [0.1, 0.15) is 75.6 Å². The van der Waals surface area contributed by atoms with Crippen LogP contribution in [0, 0.1) is 0 Å². The van der Waals surface area contributed by atoms with Gasteiger partial charge in [0.2, 0.25) is 0 Å². The van der Waals surface area contributed by atoms with Crippen LogP contribution in [-0.4, -0.2) is 315 Å². The number of fused-ring (bicyclic) bond motifs is 4. The van der Waals surface area contributed by atoms with Crippen LogP contribution in [0.5, 0.6) is 23.0 Å². The van der Waals surface area contributed by atoms with Gasteiger partial charge < -0.3 is 37.2 Å². The van der Waals surface area contributed by atoms with Gasteiger partial charge in [-0.25, -0.2) is 72.0 Å². The maximum absolute atomic E-state index is 15.9. The zero-order chi connectivity index (χ0) is 75.1. The van der Waals surface area contributed by atoms with E-state index in [1.54, 1.807) is 76.2 Å². The Kier molecular flexibility index (Phi) is 21.1. The van der Waals surface area contributed by atoms with Crippen molar-refractivity contribution in [3.8, 4) is 23.0 Å². The normalized spacial score (nSPS) is 27.3. The molecule has 110 heavy (non-hydrogen) atoms. The van der Waals surface area contributed by atoms with Crippen molar-refractivity contribution in [3.05, 3.63) is 70.8 Å². The van der Waals surface area contributed by atoms with Gasteiger partial charge in [0.05, 0.1) is 93.1 Å². The summed E-state index contributed by atoms with van der Waals surface area (Å²) in [5.74, 6) is -2.58. The van der Waals surface area contributed by atoms with Crippen LogP contribution in [0.2, 0.25) is 0 Å². The van der Waals surface area contributed by atoms with Crippen molar-refractivity contribution >= 4 is 110 Å². The van der Waals surface area contributed by atoms with E-state index in [-0.39, 0.29) is 242 Å². The van der Waals surface area contributed by atoms with Gasteiger partial charge in [-0.3, -0.25) is 78.4 Å². The third-order valence-electron chi connectivity index (χ3n) is 23.7. The summed E-state index contributed by atoms with van der Waals surface area (Å²) >= 11 is 0. The number of nitrogens with zero attached hydrogens (tertiary/aromatic N) is 16. The van der Waals surface area contributed by atoms with Gasteiger partial charge in [-0.15, -0.1) is 0 Å². The van der Waals surface area contributed by atoms with E-state index in [1.807, 2.05) is 0 Å². The average molecular weight is 1640 g/mol. The number of hydrogen-bond donors (Lipinski definition) is 0. The molecular formula is C62H68N16Na4O24S4. The Bertz CT molecular complexity index is 4560. The molecule has 11 fully saturated rings. The van der Waals surface area contributed by atoms with E-state index >= 15 is 38.4 Å². The summed E-state index contributed by atoms with van der Waals surface area (Å²) in [6.45, 7) is 0.311. The van der Waals surface area contributed by atoms with Crippen LogP contribution in [0.3, 0.4) is 0 Å². The minimum absolute atomic E-state index is 0. The molecule has 13 aliphatic heterocycles. The molecule has 568 valence electrons. The van der Waals surface area contributed by atoms with E-state index < -0.39 is 199 Å². The number of urea groups is 8. The van der Waals surface area contributed by atoms with Crippen LogP contribution in [-0.2, 0) is 66.7 Å². The van der Waals surface area contributed by atoms with Gasteiger partial charge in [0.1, 0.15) is 63.0 Å². The molecule has 0 saturated carbocycles. The number of benzene rings is 4. The molecule has 0 aliphatic carbocycles. The van der Waals surface area contributed by atoms with Gasteiger partial charge in [0, 0.05) is 66.8 Å². The Balaban J connectivity index is 0.00000266. The first-order valence-corrected chi connectivity index (χ1v) is 40.3. The van der Waals surface area contributed by atoms with Gasteiger partial charge in [0.25, 0.3) is 0 Å². The van der Waals surface area contributed by atoms with E-state index in [9.17, 15) is 51.9 Å². The fourth-order valence-electron chi connectivity index (χ4n) is 18.6. The standard InChI is InChI=1S/C62H72N16O24S4.4Na/c1-59-61(3)75-31-67-49-47-63(51(67)79)29-65-48-50-69(53(65)81)33-77-57(85)73-27-41-42(46(102-20-12-24-106(96,97)98)38-16-8-7-15-37(38)45(41)101-19-11-23-105(93,94)95)28-74-58(86)78(62(77,4)60(73,74)2)34-70(50)54(82)66(48)30-64(47)52(80)68(49)32-76(61)56(84)72(59)26-40-39(25-71(59)55(75)83)43(99-17-9-21-103(87,88)89)35-13-5-6-14-36(35)44(40)100-18-10-22-104(90,91)92;;;;/h5-8,13-16,47-50H,9-12,17-34H2,1-4H3,(H,87,88,89)(H,90,91,92)(H,93,94,95)(H,96,97,98);;;;/q;4*+1/p-4. The van der Waals surface area contributed by atoms with Crippen LogP contribution in [0.25, 0.3) is 21.5 Å². The number of ether oxygens (including phenoxy) is 4. The Morgan fingerprint density at radius 3 is 0.682 bits per heavy atom. The van der Waals surface area contributed by atoms with Crippen molar-refractivity contribution in [1.82, 2.24) is 78.4 Å². The predicted molar refractivity (Wildman–Crippen MR) is 352 cm³/mol. The second kappa shape index (κ2) is 28.1. The summed E-state index contributed by atoms with van der Waals surface area (Å²) in [6, 6.07) is 7.33. The molecule has 0 radical (unpaired) electrons. The molecule has 17 rings (SSSR count). The summed E-state index contributed by atoms with van der Waals surface area (Å²) in [5, 5.41) is 1.53. The summed E-state index contributed by atoms with van der Waals surface area (Å²) in [5.41, 5.74) is -5.90. The van der Waals surface area contributed by atoms with Crippen molar-refractivity contribution in [3.63, 3.8) is 0 Å². The Hall–Kier alpha value is -5.60. The average Bonchev–Trinajstić information content (AvgIpc) is 1.49. The van der Waals surface area contributed by atoms with Crippen molar-refractivity contribution in [1.29, 1.82) is 0 Å². The topological polar surface area (TPSA) is 454 Å². The van der Waals surface area contributed by atoms with Gasteiger partial charge in [0.15, 0.2) is 47.3 Å². The second-order valence-electron chi connectivity index (χ2n) is 28.8. The molecule has 4 aromatic rings. The first kappa shape index (κ1) is 82.4. The molecule has 0 atom stereocenters. The van der Waals surface area contributed by atoms with E-state index in [4.69, 9.17) is 18.9 Å². The number of rotatable bonds is 20. The van der Waals surface area contributed by atoms with Crippen LogP contribution >= 0.6 is 0 Å². The molecule has 11 saturated heterocycles. The molecule has 16 amide bonds. The minimum atomic E-state index is -4.69. The van der Waals surface area contributed by atoms with E-state index in [0.717, 1.165) is 0 Å². The molecule has 40 nitrogen and oxygen atoms in total. The van der Waals surface area contributed by atoms with Crippen LogP contribution < -0.4 is 137 Å². The maximum Gasteiger partial charge on any atom is 1.00 e. The zero-order valence-electron chi connectivity index (χ0n) is 61.1. The third-order valence-corrected chi connectivity index (χ3v) is 26.9. The molecule has 0 unspecified atom stereocenters. The zero-order valence-corrected chi connectivity index (χ0v) is 72.3. The summed E-state index contributed by atoms with van der Waals surface area (Å²) in [4.78, 5) is 148. The number of carbonyl (C=O) groups is 8. The molecule has 13 heterocycles. The van der Waals surface area contributed by atoms with E-state index in [2.05, 4.69) is 0 Å². The minimum Gasteiger partial charge on any atom is -0.748 e. The first-order valence-electron chi connectivity index (χ1n) is 34.0. The maximum atomic E-state index is 15.9. The van der Waals surface area contributed by atoms with Crippen LogP contribution in [0.4, 0.5) is 38.4 Å². The summed E-state index contributed by atoms with van der Waals surface area (Å²) < 4.78 is 167. The molecule has 0 bridgehead atoms. The third kappa shape index (κ3) is 11.8.